The molecule has 0 radical (unpaired) electrons. The quantitative estimate of drug-likeness (QED) is 0.164. The average Bonchev–Trinajstić information content (AvgIpc) is 2.57. The lowest BCUT2D eigenvalue weighted by Crippen LogP contribution is -2.40. The van der Waals surface area contributed by atoms with E-state index >= 15 is 0 Å². The molecule has 194 valence electrons. The molecule has 0 aliphatic rings. The highest BCUT2D eigenvalue weighted by Gasteiger charge is 2.27. The third-order valence-corrected chi connectivity index (χ3v) is 7.26. The van der Waals surface area contributed by atoms with E-state index in [1.165, 1.54) is 5.56 Å². The molecule has 0 saturated carbocycles. The zero-order valence-electron chi connectivity index (χ0n) is 24.4. The molecule has 0 aromatic heterocycles. The molecule has 0 fully saturated rings. The van der Waals surface area contributed by atoms with Gasteiger partial charge in [-0.25, -0.2) is 0 Å². The van der Waals surface area contributed by atoms with Gasteiger partial charge in [-0.05, 0) is 68.5 Å². The Morgan fingerprint density at radius 2 is 0.941 bits per heavy atom. The van der Waals surface area contributed by atoms with Crippen molar-refractivity contribution in [3.05, 3.63) is 34.9 Å². The molecule has 6 nitrogen and oxygen atoms in total. The molecule has 0 atom stereocenters. The van der Waals surface area contributed by atoms with Crippen LogP contribution in [0.3, 0.4) is 0 Å². The molecule has 10 heteroatoms. The van der Waals surface area contributed by atoms with Crippen molar-refractivity contribution in [1.29, 1.82) is 0 Å². The van der Waals surface area contributed by atoms with E-state index in [-0.39, 0.29) is 5.41 Å². The van der Waals surface area contributed by atoms with Gasteiger partial charge in [0.15, 0.2) is 16.5 Å². The van der Waals surface area contributed by atoms with Gasteiger partial charge in [-0.3, -0.25) is 0 Å². The van der Waals surface area contributed by atoms with E-state index in [4.69, 9.17) is 19.1 Å². The van der Waals surface area contributed by atoms with Gasteiger partial charge >= 0.3 is 0 Å². The summed E-state index contributed by atoms with van der Waals surface area (Å²) in [4.78, 5) is 0. The first-order valence-corrected chi connectivity index (χ1v) is 26.0. The fourth-order valence-electron chi connectivity index (χ4n) is 2.62. The summed E-state index contributed by atoms with van der Waals surface area (Å²) in [5.74, 6) is 1.30. The maximum Gasteiger partial charge on any atom is 0.244 e. The van der Waals surface area contributed by atoms with E-state index in [1.807, 2.05) is 0 Å². The molecule has 0 heterocycles. The first-order valence-electron chi connectivity index (χ1n) is 12.2. The van der Waals surface area contributed by atoms with Crippen LogP contribution in [0.15, 0.2) is 28.4 Å². The van der Waals surface area contributed by atoms with Crippen LogP contribution in [0.4, 0.5) is 0 Å². The predicted molar refractivity (Wildman–Crippen MR) is 160 cm³/mol. The summed E-state index contributed by atoms with van der Waals surface area (Å²) in [6.45, 7) is 33.2. The number of rotatable bonds is 8. The van der Waals surface area contributed by atoms with Crippen LogP contribution in [0.1, 0.15) is 37.5 Å². The number of benzene rings is 1. The van der Waals surface area contributed by atoms with Gasteiger partial charge in [0.25, 0.3) is 0 Å². The highest BCUT2D eigenvalue weighted by molar-refractivity contribution is 6.74. The minimum Gasteiger partial charge on any atom is -0.530 e. The molecular formula is C24H50N4O2Si4. The van der Waals surface area contributed by atoms with Gasteiger partial charge in [0.1, 0.15) is 0 Å². The van der Waals surface area contributed by atoms with Gasteiger partial charge in [0.05, 0.1) is 0 Å². The first-order chi connectivity index (χ1) is 15.0. The molecule has 0 amide bonds. The molecule has 0 aliphatic heterocycles. The van der Waals surface area contributed by atoms with Crippen LogP contribution in [-0.4, -0.2) is 44.9 Å². The van der Waals surface area contributed by atoms with Crippen LogP contribution < -0.4 is 10.2 Å². The molecule has 0 bridgehead atoms. The Morgan fingerprint density at radius 1 is 0.618 bits per heavy atom. The Morgan fingerprint density at radius 3 is 1.18 bits per heavy atom. The van der Waals surface area contributed by atoms with E-state index in [0.717, 1.165) is 11.1 Å². The van der Waals surface area contributed by atoms with Crippen molar-refractivity contribution in [2.75, 3.05) is 0 Å². The van der Waals surface area contributed by atoms with Crippen LogP contribution in [0.2, 0.25) is 78.6 Å². The fraction of sp³-hybridized carbons (Fsp3) is 0.667. The molecule has 1 rings (SSSR count). The summed E-state index contributed by atoms with van der Waals surface area (Å²) < 4.78 is 13.0. The summed E-state index contributed by atoms with van der Waals surface area (Å²) in [5.41, 5.74) is 3.04. The Kier molecular flexibility index (Phi) is 9.66. The molecule has 2 N–H and O–H groups in total. The lowest BCUT2D eigenvalue weighted by atomic mass is 9.85. The Balaban J connectivity index is 3.81. The summed E-state index contributed by atoms with van der Waals surface area (Å²) in [6, 6.07) is 6.52. The van der Waals surface area contributed by atoms with Gasteiger partial charge in [0.2, 0.25) is 28.4 Å². The minimum absolute atomic E-state index is 0.0578. The number of hydrogen-bond acceptors (Lipinski definition) is 6. The Labute approximate surface area is 213 Å². The molecule has 0 aliphatic carbocycles. The fourth-order valence-corrected chi connectivity index (χ4v) is 4.98. The topological polar surface area (TPSA) is 67.2 Å². The smallest absolute Gasteiger partial charge is 0.244 e. The Hall–Kier alpha value is -1.37. The van der Waals surface area contributed by atoms with Crippen molar-refractivity contribution < 1.29 is 8.85 Å². The van der Waals surface area contributed by atoms with Crippen molar-refractivity contribution >= 4 is 44.9 Å². The standard InChI is InChI=1S/C24H50N4O2Si4/c1-24(2,3)21-17-19(22(29-33(10,11)12)25-27-31(4,5)6)16-20(18-21)23(30-34(13,14)15)26-28-32(7,8)9/h16-18,27-28H,1-15H3/b25-22-,26-23-. The summed E-state index contributed by atoms with van der Waals surface area (Å²) in [6.07, 6.45) is 0. The van der Waals surface area contributed by atoms with Crippen molar-refractivity contribution in [2.45, 2.75) is 105 Å². The molecule has 34 heavy (non-hydrogen) atoms. The van der Waals surface area contributed by atoms with Crippen LogP contribution in [0.5, 0.6) is 0 Å². The molecular weight excluding hydrogens is 489 g/mol. The minimum atomic E-state index is -1.90. The second-order valence-electron chi connectivity index (χ2n) is 14.0. The van der Waals surface area contributed by atoms with Crippen molar-refractivity contribution in [2.24, 2.45) is 10.2 Å². The van der Waals surface area contributed by atoms with Gasteiger partial charge in [-0.2, -0.15) is 10.2 Å². The average molecular weight is 539 g/mol. The van der Waals surface area contributed by atoms with Crippen molar-refractivity contribution in [3.8, 4) is 0 Å². The maximum absolute atomic E-state index is 6.50. The number of nitrogens with zero attached hydrogens (tertiary/aromatic N) is 2. The maximum atomic E-state index is 6.50. The zero-order valence-corrected chi connectivity index (χ0v) is 28.4. The largest absolute Gasteiger partial charge is 0.530 e. The lowest BCUT2D eigenvalue weighted by Gasteiger charge is -2.27. The van der Waals surface area contributed by atoms with Gasteiger partial charge in [-0.15, -0.1) is 0 Å². The molecule has 1 aromatic rings. The lowest BCUT2D eigenvalue weighted by molar-refractivity contribution is 0.543. The number of nitrogens with one attached hydrogen (secondary N) is 2. The second kappa shape index (κ2) is 10.7. The number of hydrazone groups is 2. The van der Waals surface area contributed by atoms with Crippen LogP contribution in [-0.2, 0) is 14.3 Å². The highest BCUT2D eigenvalue weighted by atomic mass is 28.4. The van der Waals surface area contributed by atoms with Gasteiger partial charge < -0.3 is 19.0 Å². The van der Waals surface area contributed by atoms with E-state index < -0.39 is 33.1 Å². The first kappa shape index (κ1) is 30.7. The second-order valence-corrected chi connectivity index (χ2v) is 32.3. The number of hydrogen-bond donors (Lipinski definition) is 2. The van der Waals surface area contributed by atoms with E-state index in [9.17, 15) is 0 Å². The normalized spacial score (nSPS) is 14.7. The summed E-state index contributed by atoms with van der Waals surface area (Å²) >= 11 is 0. The predicted octanol–water partition coefficient (Wildman–Crippen LogP) is 6.86. The van der Waals surface area contributed by atoms with Crippen molar-refractivity contribution in [1.82, 2.24) is 10.2 Å². The summed E-state index contributed by atoms with van der Waals surface area (Å²) in [7, 11) is -7.06. The van der Waals surface area contributed by atoms with Gasteiger partial charge in [-0.1, -0.05) is 60.1 Å². The molecule has 0 spiro atoms. The third kappa shape index (κ3) is 12.4. The highest BCUT2D eigenvalue weighted by Crippen LogP contribution is 2.27. The van der Waals surface area contributed by atoms with Crippen LogP contribution >= 0.6 is 0 Å². The van der Waals surface area contributed by atoms with Crippen LogP contribution in [0.25, 0.3) is 0 Å². The molecule has 0 saturated heterocycles. The van der Waals surface area contributed by atoms with E-state index in [2.05, 4.69) is 128 Å². The third-order valence-electron chi connectivity index (χ3n) is 4.08. The molecule has 1 aromatic carbocycles. The Bertz CT molecular complexity index is 834. The summed E-state index contributed by atoms with van der Waals surface area (Å²) in [5, 5.41) is 16.4. The van der Waals surface area contributed by atoms with Gasteiger partial charge in [0, 0.05) is 11.1 Å². The van der Waals surface area contributed by atoms with Crippen LogP contribution in [0, 0.1) is 0 Å². The zero-order chi connectivity index (χ0) is 26.8. The molecule has 0 unspecified atom stereocenters. The SMILES string of the molecule is CC(C)(C)c1cc(/C(=N/N[Si](C)(C)C)O[Si](C)(C)C)cc(/C(=N/N[Si](C)(C)C)O[Si](C)(C)C)c1. The van der Waals surface area contributed by atoms with E-state index in [1.54, 1.807) is 0 Å². The monoisotopic (exact) mass is 538 g/mol. The van der Waals surface area contributed by atoms with E-state index in [0.29, 0.717) is 11.8 Å². The van der Waals surface area contributed by atoms with Crippen molar-refractivity contribution in [3.63, 3.8) is 0 Å².